The van der Waals surface area contributed by atoms with Gasteiger partial charge in [0.15, 0.2) is 0 Å². The molecule has 3 aromatic rings. The molecule has 0 bridgehead atoms. The van der Waals surface area contributed by atoms with Crippen LogP contribution in [-0.2, 0) is 0 Å². The number of nitrogens with two attached hydrogens (primary N) is 1. The van der Waals surface area contributed by atoms with E-state index in [0.717, 1.165) is 11.3 Å². The highest BCUT2D eigenvalue weighted by Crippen LogP contribution is 2.33. The van der Waals surface area contributed by atoms with Crippen molar-refractivity contribution in [3.63, 3.8) is 0 Å². The minimum atomic E-state index is -0.374. The number of hydrogen-bond donors (Lipinski definition) is 1. The molecule has 0 aliphatic rings. The Morgan fingerprint density at radius 2 is 1.85 bits per heavy atom. The lowest BCUT2D eigenvalue weighted by Gasteiger charge is -2.11. The maximum atomic E-state index is 13.6. The van der Waals surface area contributed by atoms with Crippen molar-refractivity contribution in [3.8, 4) is 34.2 Å². The van der Waals surface area contributed by atoms with E-state index in [1.54, 1.807) is 18.2 Å². The van der Waals surface area contributed by atoms with E-state index >= 15 is 0 Å². The normalized spacial score (nSPS) is 10.4. The SMILES string of the molecule is CCOc1ccc(-c2cc(-c3ccc(F)c(Br)c3)c(C#N)c(N)n2)cc1. The maximum absolute atomic E-state index is 13.6. The van der Waals surface area contributed by atoms with Crippen LogP contribution in [0.1, 0.15) is 12.5 Å². The summed E-state index contributed by atoms with van der Waals surface area (Å²) in [5, 5.41) is 9.47. The summed E-state index contributed by atoms with van der Waals surface area (Å²) in [7, 11) is 0. The zero-order valence-corrected chi connectivity index (χ0v) is 15.5. The van der Waals surface area contributed by atoms with E-state index < -0.39 is 0 Å². The number of rotatable bonds is 4. The molecule has 0 saturated carbocycles. The Labute approximate surface area is 159 Å². The minimum absolute atomic E-state index is 0.134. The van der Waals surface area contributed by atoms with Crippen LogP contribution in [0, 0.1) is 17.1 Å². The van der Waals surface area contributed by atoms with Crippen LogP contribution >= 0.6 is 15.9 Å². The summed E-state index contributed by atoms with van der Waals surface area (Å²) in [6, 6.07) is 15.9. The molecular formula is C20H15BrFN3O. The third-order valence-corrected chi connectivity index (χ3v) is 4.46. The van der Waals surface area contributed by atoms with Crippen LogP contribution in [-0.4, -0.2) is 11.6 Å². The molecule has 1 heterocycles. The highest BCUT2D eigenvalue weighted by atomic mass is 79.9. The maximum Gasteiger partial charge on any atom is 0.142 e. The van der Waals surface area contributed by atoms with E-state index in [9.17, 15) is 9.65 Å². The van der Waals surface area contributed by atoms with Gasteiger partial charge in [0, 0.05) is 11.1 Å². The van der Waals surface area contributed by atoms with Gasteiger partial charge in [-0.15, -0.1) is 0 Å². The van der Waals surface area contributed by atoms with E-state index in [1.165, 1.54) is 6.07 Å². The van der Waals surface area contributed by atoms with Crippen LogP contribution in [0.25, 0.3) is 22.4 Å². The molecule has 130 valence electrons. The Balaban J connectivity index is 2.12. The number of nitrogens with zero attached hydrogens (tertiary/aromatic N) is 2. The van der Waals surface area contributed by atoms with Crippen molar-refractivity contribution in [2.75, 3.05) is 12.3 Å². The van der Waals surface area contributed by atoms with Gasteiger partial charge in [0.05, 0.1) is 16.8 Å². The molecule has 0 unspecified atom stereocenters. The number of benzene rings is 2. The number of halogens is 2. The molecule has 2 aromatic carbocycles. The number of anilines is 1. The first kappa shape index (κ1) is 17.9. The second-order valence-corrected chi connectivity index (χ2v) is 6.37. The predicted octanol–water partition coefficient (Wildman–Crippen LogP) is 5.17. The first-order valence-electron chi connectivity index (χ1n) is 7.92. The lowest BCUT2D eigenvalue weighted by molar-refractivity contribution is 0.340. The van der Waals surface area contributed by atoms with E-state index in [2.05, 4.69) is 27.0 Å². The van der Waals surface area contributed by atoms with Gasteiger partial charge in [0.2, 0.25) is 0 Å². The molecule has 1 aromatic heterocycles. The summed E-state index contributed by atoms with van der Waals surface area (Å²) < 4.78 is 19.3. The summed E-state index contributed by atoms with van der Waals surface area (Å²) in [5.41, 5.74) is 9.01. The van der Waals surface area contributed by atoms with E-state index in [1.807, 2.05) is 31.2 Å². The second kappa shape index (κ2) is 7.54. The van der Waals surface area contributed by atoms with Crippen LogP contribution in [0.5, 0.6) is 5.75 Å². The fourth-order valence-electron chi connectivity index (χ4n) is 2.61. The van der Waals surface area contributed by atoms with Crippen LogP contribution in [0.3, 0.4) is 0 Å². The number of nitrogen functional groups attached to an aromatic ring is 1. The van der Waals surface area contributed by atoms with Gasteiger partial charge in [-0.05, 0) is 70.9 Å². The van der Waals surface area contributed by atoms with Gasteiger partial charge >= 0.3 is 0 Å². The molecule has 0 saturated heterocycles. The first-order chi connectivity index (χ1) is 12.5. The molecule has 0 fully saturated rings. The molecule has 0 aliphatic heterocycles. The third-order valence-electron chi connectivity index (χ3n) is 3.85. The van der Waals surface area contributed by atoms with Gasteiger partial charge in [-0.1, -0.05) is 6.07 Å². The van der Waals surface area contributed by atoms with Crippen LogP contribution in [0.2, 0.25) is 0 Å². The van der Waals surface area contributed by atoms with Crippen molar-refractivity contribution >= 4 is 21.7 Å². The number of pyridine rings is 1. The number of hydrogen-bond acceptors (Lipinski definition) is 4. The van der Waals surface area contributed by atoms with Gasteiger partial charge in [0.1, 0.15) is 29.0 Å². The zero-order chi connectivity index (χ0) is 18.7. The summed E-state index contributed by atoms with van der Waals surface area (Å²) >= 11 is 3.18. The van der Waals surface area contributed by atoms with Crippen molar-refractivity contribution in [3.05, 3.63) is 64.4 Å². The predicted molar refractivity (Wildman–Crippen MR) is 103 cm³/mol. The quantitative estimate of drug-likeness (QED) is 0.642. The second-order valence-electron chi connectivity index (χ2n) is 5.51. The average molecular weight is 412 g/mol. The molecule has 0 aliphatic carbocycles. The molecule has 2 N–H and O–H groups in total. The van der Waals surface area contributed by atoms with Crippen molar-refractivity contribution in [1.29, 1.82) is 5.26 Å². The Morgan fingerprint density at radius 1 is 1.15 bits per heavy atom. The Morgan fingerprint density at radius 3 is 2.46 bits per heavy atom. The fraction of sp³-hybridized carbons (Fsp3) is 0.100. The highest BCUT2D eigenvalue weighted by Gasteiger charge is 2.14. The van der Waals surface area contributed by atoms with Crippen LogP contribution in [0.4, 0.5) is 10.2 Å². The molecule has 6 heteroatoms. The molecular weight excluding hydrogens is 397 g/mol. The van der Waals surface area contributed by atoms with Crippen LogP contribution in [0.15, 0.2) is 53.0 Å². The minimum Gasteiger partial charge on any atom is -0.494 e. The third kappa shape index (κ3) is 3.53. The molecule has 26 heavy (non-hydrogen) atoms. The van der Waals surface area contributed by atoms with Gasteiger partial charge in [-0.25, -0.2) is 9.37 Å². The Bertz CT molecular complexity index is 997. The lowest BCUT2D eigenvalue weighted by atomic mass is 9.98. The number of nitriles is 1. The van der Waals surface area contributed by atoms with Gasteiger partial charge in [0.25, 0.3) is 0 Å². The van der Waals surface area contributed by atoms with Crippen LogP contribution < -0.4 is 10.5 Å². The topological polar surface area (TPSA) is 71.9 Å². The monoisotopic (exact) mass is 411 g/mol. The number of aromatic nitrogens is 1. The molecule has 3 rings (SSSR count). The first-order valence-corrected chi connectivity index (χ1v) is 8.72. The van der Waals surface area contributed by atoms with Crippen molar-refractivity contribution < 1.29 is 9.13 Å². The Hall–Kier alpha value is -2.91. The van der Waals surface area contributed by atoms with Crippen molar-refractivity contribution in [2.24, 2.45) is 0 Å². The fourth-order valence-corrected chi connectivity index (χ4v) is 2.99. The van der Waals surface area contributed by atoms with E-state index in [4.69, 9.17) is 10.5 Å². The number of ether oxygens (including phenoxy) is 1. The molecule has 0 spiro atoms. The lowest BCUT2D eigenvalue weighted by Crippen LogP contribution is -2.00. The summed E-state index contributed by atoms with van der Waals surface area (Å²) in [4.78, 5) is 4.34. The summed E-state index contributed by atoms with van der Waals surface area (Å²) in [6.45, 7) is 2.51. The van der Waals surface area contributed by atoms with Crippen molar-refractivity contribution in [1.82, 2.24) is 4.98 Å². The van der Waals surface area contributed by atoms with E-state index in [0.29, 0.717) is 27.9 Å². The van der Waals surface area contributed by atoms with E-state index in [-0.39, 0.29) is 17.2 Å². The summed E-state index contributed by atoms with van der Waals surface area (Å²) in [6.07, 6.45) is 0. The highest BCUT2D eigenvalue weighted by molar-refractivity contribution is 9.10. The molecule has 0 atom stereocenters. The van der Waals surface area contributed by atoms with Gasteiger partial charge in [-0.2, -0.15) is 5.26 Å². The molecule has 0 radical (unpaired) electrons. The molecule has 4 nitrogen and oxygen atoms in total. The largest absolute Gasteiger partial charge is 0.494 e. The van der Waals surface area contributed by atoms with Crippen molar-refractivity contribution in [2.45, 2.75) is 6.92 Å². The smallest absolute Gasteiger partial charge is 0.142 e. The molecule has 0 amide bonds. The zero-order valence-electron chi connectivity index (χ0n) is 14.0. The van der Waals surface area contributed by atoms with Gasteiger partial charge in [-0.3, -0.25) is 0 Å². The Kier molecular flexibility index (Phi) is 5.19. The summed E-state index contributed by atoms with van der Waals surface area (Å²) in [5.74, 6) is 0.524. The standard InChI is InChI=1S/C20H15BrFN3O/c1-2-26-14-6-3-12(4-7-14)19-10-15(16(11-23)20(24)25-19)13-5-8-18(22)17(21)9-13/h3-10H,2H2,1H3,(H2,24,25). The average Bonchev–Trinajstić information content (AvgIpc) is 2.64. The van der Waals surface area contributed by atoms with Gasteiger partial charge < -0.3 is 10.5 Å².